The lowest BCUT2D eigenvalue weighted by Gasteiger charge is -2.49. The number of rotatable bonds is 7. The van der Waals surface area contributed by atoms with Crippen LogP contribution in [0.2, 0.25) is 0 Å². The molecule has 1 unspecified atom stereocenters. The fourth-order valence-electron chi connectivity index (χ4n) is 4.08. The van der Waals surface area contributed by atoms with Gasteiger partial charge in [-0.05, 0) is 60.4 Å². The lowest BCUT2D eigenvalue weighted by molar-refractivity contribution is -0.136. The summed E-state index contributed by atoms with van der Waals surface area (Å²) in [7, 11) is 1.60. The van der Waals surface area contributed by atoms with Crippen molar-refractivity contribution in [1.82, 2.24) is 0 Å². The number of β-lactam (4-membered cyclic amide) rings is 1. The number of aromatic hydroxyl groups is 1. The van der Waals surface area contributed by atoms with Crippen molar-refractivity contribution >= 4 is 11.6 Å². The molecule has 1 aliphatic rings. The van der Waals surface area contributed by atoms with E-state index >= 15 is 0 Å². The molecule has 3 aromatic rings. The van der Waals surface area contributed by atoms with E-state index in [2.05, 4.69) is 0 Å². The molecule has 1 amide bonds. The second kappa shape index (κ2) is 8.59. The zero-order valence-electron chi connectivity index (χ0n) is 16.8. The van der Waals surface area contributed by atoms with Crippen LogP contribution in [0.1, 0.15) is 23.6 Å². The van der Waals surface area contributed by atoms with Crippen molar-refractivity contribution in [2.45, 2.75) is 25.0 Å². The summed E-state index contributed by atoms with van der Waals surface area (Å²) in [6.07, 6.45) is 0.452. The predicted octanol–water partition coefficient (Wildman–Crippen LogP) is 4.10. The monoisotopic (exact) mass is 403 g/mol. The van der Waals surface area contributed by atoms with E-state index in [4.69, 9.17) is 4.74 Å². The van der Waals surface area contributed by atoms with Crippen molar-refractivity contribution in [3.8, 4) is 11.5 Å². The smallest absolute Gasteiger partial charge is 0.235 e. The van der Waals surface area contributed by atoms with Gasteiger partial charge in [0.25, 0.3) is 0 Å². The lowest BCUT2D eigenvalue weighted by atomic mass is 9.76. The summed E-state index contributed by atoms with van der Waals surface area (Å²) in [5.74, 6) is 0.257. The van der Waals surface area contributed by atoms with E-state index in [0.29, 0.717) is 18.6 Å². The van der Waals surface area contributed by atoms with Gasteiger partial charge in [-0.2, -0.15) is 0 Å². The lowest BCUT2D eigenvalue weighted by Crippen LogP contribution is -2.59. The maximum atomic E-state index is 13.1. The fourth-order valence-corrected chi connectivity index (χ4v) is 4.08. The summed E-state index contributed by atoms with van der Waals surface area (Å²) in [5, 5.41) is 20.6. The number of phenolic OH excluding ortho intramolecular Hbond substituents is 1. The van der Waals surface area contributed by atoms with Crippen molar-refractivity contribution in [1.29, 1.82) is 0 Å². The van der Waals surface area contributed by atoms with E-state index in [-0.39, 0.29) is 17.7 Å². The number of aliphatic hydroxyl groups is 1. The Morgan fingerprint density at radius 2 is 1.63 bits per heavy atom. The Labute approximate surface area is 176 Å². The number of ether oxygens (including phenoxy) is 1. The van der Waals surface area contributed by atoms with E-state index in [1.807, 2.05) is 54.6 Å². The van der Waals surface area contributed by atoms with Crippen LogP contribution in [-0.4, -0.2) is 29.3 Å². The minimum absolute atomic E-state index is 0.0983. The van der Waals surface area contributed by atoms with Crippen LogP contribution in [0.15, 0.2) is 78.9 Å². The molecule has 4 rings (SSSR count). The number of carbonyl (C=O) groups is 1. The fraction of sp³-hybridized carbons (Fsp3) is 0.240. The minimum atomic E-state index is -0.758. The number of nitrogens with zero attached hydrogens (tertiary/aromatic N) is 1. The number of carbonyl (C=O) groups excluding carboxylic acids is 1. The van der Waals surface area contributed by atoms with Gasteiger partial charge in [0.1, 0.15) is 11.5 Å². The van der Waals surface area contributed by atoms with Crippen LogP contribution in [0.25, 0.3) is 0 Å². The van der Waals surface area contributed by atoms with Gasteiger partial charge < -0.3 is 19.8 Å². The van der Waals surface area contributed by atoms with Gasteiger partial charge in [0.15, 0.2) is 0 Å². The van der Waals surface area contributed by atoms with Gasteiger partial charge in [-0.25, -0.2) is 0 Å². The molecular weight excluding hydrogens is 378 g/mol. The van der Waals surface area contributed by atoms with Gasteiger partial charge in [-0.1, -0.05) is 42.5 Å². The average Bonchev–Trinajstić information content (AvgIpc) is 2.78. The third-order valence-electron chi connectivity index (χ3n) is 5.71. The maximum absolute atomic E-state index is 13.1. The highest BCUT2D eigenvalue weighted by Crippen LogP contribution is 2.46. The molecule has 5 nitrogen and oxygen atoms in total. The highest BCUT2D eigenvalue weighted by molar-refractivity contribution is 6.03. The molecule has 0 saturated carbocycles. The first-order chi connectivity index (χ1) is 14.6. The number of hydrogen-bond donors (Lipinski definition) is 2. The Bertz CT molecular complexity index is 986. The normalized spacial score (nSPS) is 19.3. The Kier molecular flexibility index (Phi) is 5.72. The molecule has 3 atom stereocenters. The molecule has 0 aliphatic carbocycles. The quantitative estimate of drug-likeness (QED) is 0.583. The van der Waals surface area contributed by atoms with Crippen molar-refractivity contribution in [3.63, 3.8) is 0 Å². The molecule has 1 fully saturated rings. The number of anilines is 1. The SMILES string of the molecule is COc1ccc(N2C(=O)[C@H](C(O)CCc3ccccc3)[C@H]2c2ccc(O)cc2)cc1. The van der Waals surface area contributed by atoms with Crippen molar-refractivity contribution < 1.29 is 19.7 Å². The molecule has 0 radical (unpaired) electrons. The first-order valence-corrected chi connectivity index (χ1v) is 10.1. The zero-order valence-corrected chi connectivity index (χ0v) is 16.8. The summed E-state index contributed by atoms with van der Waals surface area (Å²) in [6.45, 7) is 0. The molecular formula is C25H25NO4. The second-order valence-corrected chi connectivity index (χ2v) is 7.56. The average molecular weight is 403 g/mol. The highest BCUT2D eigenvalue weighted by atomic mass is 16.5. The number of benzene rings is 3. The molecule has 0 bridgehead atoms. The van der Waals surface area contributed by atoms with E-state index in [1.54, 1.807) is 36.3 Å². The molecule has 1 heterocycles. The van der Waals surface area contributed by atoms with Crippen LogP contribution >= 0.6 is 0 Å². The van der Waals surface area contributed by atoms with Crippen LogP contribution in [0.5, 0.6) is 11.5 Å². The number of aryl methyl sites for hydroxylation is 1. The first kappa shape index (κ1) is 20.0. The predicted molar refractivity (Wildman–Crippen MR) is 116 cm³/mol. The molecule has 0 spiro atoms. The minimum Gasteiger partial charge on any atom is -0.508 e. The Morgan fingerprint density at radius 1 is 0.967 bits per heavy atom. The van der Waals surface area contributed by atoms with Crippen LogP contribution in [0, 0.1) is 5.92 Å². The second-order valence-electron chi connectivity index (χ2n) is 7.56. The summed E-state index contributed by atoms with van der Waals surface area (Å²) < 4.78 is 5.21. The van der Waals surface area contributed by atoms with E-state index in [1.165, 1.54) is 0 Å². The molecule has 1 aliphatic heterocycles. The summed E-state index contributed by atoms with van der Waals surface area (Å²) >= 11 is 0. The third kappa shape index (κ3) is 3.89. The van der Waals surface area contributed by atoms with E-state index in [9.17, 15) is 15.0 Å². The number of aliphatic hydroxyl groups excluding tert-OH is 1. The summed E-state index contributed by atoms with van der Waals surface area (Å²) in [4.78, 5) is 14.8. The van der Waals surface area contributed by atoms with Crippen LogP contribution in [-0.2, 0) is 11.2 Å². The van der Waals surface area contributed by atoms with Crippen molar-refractivity contribution in [2.75, 3.05) is 12.0 Å². The molecule has 0 aromatic heterocycles. The standard InChI is InChI=1S/C25H25NO4/c1-30-21-14-10-19(11-15-21)26-24(18-8-12-20(27)13-9-18)23(25(26)29)22(28)16-7-17-5-3-2-4-6-17/h2-6,8-15,22-24,27-28H,7,16H2,1H3/t22?,23-,24-/m1/s1. The molecule has 1 saturated heterocycles. The topological polar surface area (TPSA) is 70.0 Å². The van der Waals surface area contributed by atoms with Gasteiger partial charge in [0.2, 0.25) is 5.91 Å². The van der Waals surface area contributed by atoms with Crippen LogP contribution in [0.4, 0.5) is 5.69 Å². The third-order valence-corrected chi connectivity index (χ3v) is 5.71. The van der Waals surface area contributed by atoms with Crippen LogP contribution in [0.3, 0.4) is 0 Å². The Hall–Kier alpha value is -3.31. The molecule has 154 valence electrons. The Morgan fingerprint density at radius 3 is 2.27 bits per heavy atom. The van der Waals surface area contributed by atoms with Gasteiger partial charge in [0.05, 0.1) is 25.2 Å². The Balaban J connectivity index is 1.58. The highest BCUT2D eigenvalue weighted by Gasteiger charge is 2.52. The molecule has 3 aromatic carbocycles. The first-order valence-electron chi connectivity index (χ1n) is 10.1. The summed E-state index contributed by atoms with van der Waals surface area (Å²) in [6, 6.07) is 23.8. The molecule has 30 heavy (non-hydrogen) atoms. The van der Waals surface area contributed by atoms with Crippen molar-refractivity contribution in [3.05, 3.63) is 90.0 Å². The summed E-state index contributed by atoms with van der Waals surface area (Å²) in [5.41, 5.74) is 2.77. The van der Waals surface area contributed by atoms with E-state index in [0.717, 1.165) is 16.8 Å². The zero-order chi connectivity index (χ0) is 21.1. The van der Waals surface area contributed by atoms with Gasteiger partial charge in [0, 0.05) is 5.69 Å². The van der Waals surface area contributed by atoms with Crippen LogP contribution < -0.4 is 9.64 Å². The molecule has 5 heteroatoms. The number of amides is 1. The van der Waals surface area contributed by atoms with Gasteiger partial charge in [-0.15, -0.1) is 0 Å². The maximum Gasteiger partial charge on any atom is 0.235 e. The van der Waals surface area contributed by atoms with Gasteiger partial charge >= 0.3 is 0 Å². The number of phenols is 1. The number of methoxy groups -OCH3 is 1. The van der Waals surface area contributed by atoms with Gasteiger partial charge in [-0.3, -0.25) is 4.79 Å². The largest absolute Gasteiger partial charge is 0.508 e. The van der Waals surface area contributed by atoms with Crippen molar-refractivity contribution in [2.24, 2.45) is 5.92 Å². The van der Waals surface area contributed by atoms with E-state index < -0.39 is 12.0 Å². The number of hydrogen-bond acceptors (Lipinski definition) is 4. The molecule has 2 N–H and O–H groups in total.